The van der Waals surface area contributed by atoms with E-state index in [1.807, 2.05) is 34.7 Å². The first kappa shape index (κ1) is 24.3. The summed E-state index contributed by atoms with van der Waals surface area (Å²) < 4.78 is 3.54. The van der Waals surface area contributed by atoms with E-state index in [1.165, 1.54) is 23.7 Å². The Morgan fingerprint density at radius 1 is 1.16 bits per heavy atom. The van der Waals surface area contributed by atoms with E-state index in [9.17, 15) is 14.8 Å². The monoisotopic (exact) mass is 529 g/mol. The van der Waals surface area contributed by atoms with Gasteiger partial charge in [0.1, 0.15) is 28.5 Å². The second kappa shape index (κ2) is 9.66. The van der Waals surface area contributed by atoms with Crippen molar-refractivity contribution >= 4 is 49.1 Å². The van der Waals surface area contributed by atoms with Gasteiger partial charge in [-0.1, -0.05) is 12.1 Å². The highest BCUT2D eigenvalue weighted by Crippen LogP contribution is 2.31. The average Bonchev–Trinajstić information content (AvgIpc) is 3.15. The first-order valence-electron chi connectivity index (χ1n) is 12.5. The number of anilines is 1. The van der Waals surface area contributed by atoms with Gasteiger partial charge < -0.3 is 20.3 Å². The van der Waals surface area contributed by atoms with Crippen molar-refractivity contribution in [3.05, 3.63) is 81.2 Å². The number of fused-ring (bicyclic) bond motifs is 5. The number of aryl methyl sites for hydroxylation is 1. The van der Waals surface area contributed by atoms with Crippen molar-refractivity contribution in [3.63, 3.8) is 0 Å². The smallest absolute Gasteiger partial charge is 0.258 e. The summed E-state index contributed by atoms with van der Waals surface area (Å²) in [6.45, 7) is 5.38. The summed E-state index contributed by atoms with van der Waals surface area (Å²) >= 11 is 1.38. The predicted octanol–water partition coefficient (Wildman–Crippen LogP) is 2.47. The Morgan fingerprint density at radius 2 is 2.00 bits per heavy atom. The van der Waals surface area contributed by atoms with Crippen LogP contribution in [0.15, 0.2) is 53.6 Å². The molecule has 1 aliphatic rings. The van der Waals surface area contributed by atoms with Crippen molar-refractivity contribution in [1.82, 2.24) is 24.6 Å². The van der Waals surface area contributed by atoms with Crippen LogP contribution in [0.2, 0.25) is 0 Å². The lowest BCUT2D eigenvalue weighted by Crippen LogP contribution is -2.37. The van der Waals surface area contributed by atoms with Crippen LogP contribution < -0.4 is 20.4 Å². The molecule has 1 aromatic carbocycles. The third-order valence-electron chi connectivity index (χ3n) is 6.98. The normalized spacial score (nSPS) is 14.8. The van der Waals surface area contributed by atoms with E-state index in [2.05, 4.69) is 27.1 Å². The zero-order chi connectivity index (χ0) is 26.4. The molecule has 6 rings (SSSR count). The SMILES string of the molecule is Cc1c[n+]([O-])c(CNC(=O)c2c(=O)c3ccc(N4CCCN(C)CC4)nc3n3c2sc2ccccc23)cn1. The Kier molecular flexibility index (Phi) is 6.16. The molecule has 0 radical (unpaired) electrons. The van der Waals surface area contributed by atoms with Crippen LogP contribution in [0.3, 0.4) is 0 Å². The third-order valence-corrected chi connectivity index (χ3v) is 8.12. The molecular formula is C27H27N7O3S. The number of carbonyl (C=O) groups excluding carboxylic acids is 1. The van der Waals surface area contributed by atoms with E-state index in [-0.39, 0.29) is 23.2 Å². The summed E-state index contributed by atoms with van der Waals surface area (Å²) in [4.78, 5) is 41.4. The molecule has 5 aromatic rings. The second-order valence-corrected chi connectivity index (χ2v) is 10.7. The number of likely N-dealkylation sites (N-methyl/N-ethyl adjacent to an activating group) is 1. The Bertz CT molecular complexity index is 1760. The fourth-order valence-electron chi connectivity index (χ4n) is 4.93. The van der Waals surface area contributed by atoms with Gasteiger partial charge in [-0.3, -0.25) is 14.0 Å². The molecule has 0 spiro atoms. The number of pyridine rings is 2. The minimum Gasteiger partial charge on any atom is -0.618 e. The first-order chi connectivity index (χ1) is 18.4. The van der Waals surface area contributed by atoms with Crippen molar-refractivity contribution in [1.29, 1.82) is 0 Å². The van der Waals surface area contributed by atoms with Gasteiger partial charge in [0, 0.05) is 19.6 Å². The van der Waals surface area contributed by atoms with E-state index in [1.54, 1.807) is 13.0 Å². The van der Waals surface area contributed by atoms with E-state index >= 15 is 0 Å². The highest BCUT2D eigenvalue weighted by molar-refractivity contribution is 7.24. The number of nitrogens with one attached hydrogen (secondary N) is 1. The molecule has 0 saturated carbocycles. The lowest BCUT2D eigenvalue weighted by atomic mass is 10.1. The van der Waals surface area contributed by atoms with E-state index in [0.717, 1.165) is 48.6 Å². The highest BCUT2D eigenvalue weighted by atomic mass is 32.1. The molecule has 1 amide bonds. The Hall–Kier alpha value is -4.09. The predicted molar refractivity (Wildman–Crippen MR) is 148 cm³/mol. The molecule has 1 fully saturated rings. The van der Waals surface area contributed by atoms with Crippen molar-refractivity contribution in [2.75, 3.05) is 38.1 Å². The van der Waals surface area contributed by atoms with Gasteiger partial charge in [-0.25, -0.2) is 9.97 Å². The maximum absolute atomic E-state index is 13.8. The van der Waals surface area contributed by atoms with Crippen LogP contribution in [0, 0.1) is 12.1 Å². The molecule has 0 bridgehead atoms. The number of rotatable bonds is 4. The second-order valence-electron chi connectivity index (χ2n) is 9.63. The number of thiazole rings is 1. The number of benzene rings is 1. The molecule has 0 atom stereocenters. The Labute approximate surface area is 222 Å². The maximum Gasteiger partial charge on any atom is 0.258 e. The zero-order valence-electron chi connectivity index (χ0n) is 21.2. The summed E-state index contributed by atoms with van der Waals surface area (Å²) in [5, 5.41) is 15.3. The van der Waals surface area contributed by atoms with Crippen molar-refractivity contribution < 1.29 is 9.52 Å². The van der Waals surface area contributed by atoms with Gasteiger partial charge >= 0.3 is 0 Å². The van der Waals surface area contributed by atoms with Gasteiger partial charge in [-0.2, -0.15) is 4.73 Å². The summed E-state index contributed by atoms with van der Waals surface area (Å²) in [6.07, 6.45) is 3.81. The molecule has 1 saturated heterocycles. The fourth-order valence-corrected chi connectivity index (χ4v) is 6.11. The van der Waals surface area contributed by atoms with Gasteiger partial charge in [0.2, 0.25) is 17.3 Å². The standard InChI is InChI=1S/C27H27N7O3S/c1-17-16-33(37)18(14-28-17)15-29-26(36)23-24(35)19-8-9-22(32-11-5-10-31(2)12-13-32)30-25(19)34-20-6-3-4-7-21(20)38-27(23)34/h3-4,6-9,14,16H,5,10-13,15H2,1-2H3,(H,29,36). The number of hydrogen-bond donors (Lipinski definition) is 1. The molecule has 11 heteroatoms. The van der Waals surface area contributed by atoms with Gasteiger partial charge in [0.05, 0.1) is 21.8 Å². The largest absolute Gasteiger partial charge is 0.618 e. The van der Waals surface area contributed by atoms with Gasteiger partial charge in [-0.15, -0.1) is 11.3 Å². The summed E-state index contributed by atoms with van der Waals surface area (Å²) in [6, 6.07) is 11.5. The number of aromatic nitrogens is 4. The highest BCUT2D eigenvalue weighted by Gasteiger charge is 2.24. The Morgan fingerprint density at radius 3 is 2.84 bits per heavy atom. The lowest BCUT2D eigenvalue weighted by Gasteiger charge is -2.22. The molecule has 5 heterocycles. The molecule has 1 N–H and O–H groups in total. The minimum absolute atomic E-state index is 0.0437. The van der Waals surface area contributed by atoms with Gasteiger partial charge in [-0.05, 0) is 51.2 Å². The summed E-state index contributed by atoms with van der Waals surface area (Å²) in [7, 11) is 2.12. The minimum atomic E-state index is -0.541. The van der Waals surface area contributed by atoms with Crippen molar-refractivity contribution in [3.8, 4) is 0 Å². The number of nitrogens with zero attached hydrogens (tertiary/aromatic N) is 6. The number of para-hydroxylation sites is 1. The zero-order valence-corrected chi connectivity index (χ0v) is 22.0. The average molecular weight is 530 g/mol. The molecule has 1 aliphatic heterocycles. The number of hydrogen-bond acceptors (Lipinski definition) is 8. The van der Waals surface area contributed by atoms with E-state index in [0.29, 0.717) is 26.3 Å². The van der Waals surface area contributed by atoms with E-state index in [4.69, 9.17) is 4.98 Å². The number of carbonyl (C=O) groups is 1. The molecule has 194 valence electrons. The molecule has 0 unspecified atom stereocenters. The number of amides is 1. The quantitative estimate of drug-likeness (QED) is 0.281. The van der Waals surface area contributed by atoms with Crippen LogP contribution in [0.25, 0.3) is 26.1 Å². The first-order valence-corrected chi connectivity index (χ1v) is 13.4. The third kappa shape index (κ3) is 4.23. The van der Waals surface area contributed by atoms with E-state index < -0.39 is 5.91 Å². The van der Waals surface area contributed by atoms with Crippen LogP contribution in [-0.4, -0.2) is 58.4 Å². The fraction of sp³-hybridized carbons (Fsp3) is 0.296. The topological polar surface area (TPSA) is 110 Å². The van der Waals surface area contributed by atoms with Crippen LogP contribution >= 0.6 is 11.3 Å². The van der Waals surface area contributed by atoms with Crippen molar-refractivity contribution in [2.24, 2.45) is 0 Å². The lowest BCUT2D eigenvalue weighted by molar-refractivity contribution is -0.615. The van der Waals surface area contributed by atoms with Crippen LogP contribution in [0.4, 0.5) is 5.82 Å². The molecular weight excluding hydrogens is 502 g/mol. The summed E-state index contributed by atoms with van der Waals surface area (Å²) in [5.74, 6) is 0.279. The summed E-state index contributed by atoms with van der Waals surface area (Å²) in [5.41, 5.74) is 1.94. The Balaban J connectivity index is 1.48. The molecule has 38 heavy (non-hydrogen) atoms. The van der Waals surface area contributed by atoms with Crippen LogP contribution in [0.1, 0.15) is 28.2 Å². The molecule has 4 aromatic heterocycles. The van der Waals surface area contributed by atoms with Gasteiger partial charge in [0.25, 0.3) is 5.91 Å². The van der Waals surface area contributed by atoms with Crippen LogP contribution in [0.5, 0.6) is 0 Å². The molecule has 10 nitrogen and oxygen atoms in total. The van der Waals surface area contributed by atoms with Crippen molar-refractivity contribution in [2.45, 2.75) is 19.9 Å². The van der Waals surface area contributed by atoms with Gasteiger partial charge in [0.15, 0.2) is 5.65 Å². The maximum atomic E-state index is 13.8. The van der Waals surface area contributed by atoms with Crippen LogP contribution in [-0.2, 0) is 6.54 Å². The molecule has 0 aliphatic carbocycles.